The van der Waals surface area contributed by atoms with E-state index in [1.54, 1.807) is 24.3 Å². The molecule has 8 nitrogen and oxygen atoms in total. The predicted octanol–water partition coefficient (Wildman–Crippen LogP) is 0.455. The number of benzene rings is 1. The first-order chi connectivity index (χ1) is 11.2. The summed E-state index contributed by atoms with van der Waals surface area (Å²) in [7, 11) is -3.72. The van der Waals surface area contributed by atoms with E-state index >= 15 is 0 Å². The van der Waals surface area contributed by atoms with Crippen molar-refractivity contribution in [3.63, 3.8) is 0 Å². The molecule has 0 fully saturated rings. The molecule has 2 rings (SSSR count). The van der Waals surface area contributed by atoms with Gasteiger partial charge >= 0.3 is 5.97 Å². The smallest absolute Gasteiger partial charge is 0.321 e. The number of rotatable bonds is 8. The molecule has 0 aromatic heterocycles. The number of carbonyl (C=O) groups is 3. The number of carboxylic acid groups (broad SMARTS) is 1. The number of unbranched alkanes of at least 4 members (excludes halogenated alkanes) is 1. The predicted molar refractivity (Wildman–Crippen MR) is 85.1 cm³/mol. The number of hydrogen-bond acceptors (Lipinski definition) is 5. The Morgan fingerprint density at radius 3 is 2.21 bits per heavy atom. The van der Waals surface area contributed by atoms with Crippen LogP contribution in [0.1, 0.15) is 40.5 Å². The molecule has 2 amide bonds. The molecule has 1 atom stereocenters. The number of amides is 2. The quantitative estimate of drug-likeness (QED) is 0.517. The molecule has 1 heterocycles. The minimum absolute atomic E-state index is 0.121. The highest BCUT2D eigenvalue weighted by Crippen LogP contribution is 2.22. The Hall–Kier alpha value is -2.26. The maximum absolute atomic E-state index is 12.1. The van der Waals surface area contributed by atoms with E-state index in [-0.39, 0.29) is 30.5 Å². The summed E-state index contributed by atoms with van der Waals surface area (Å²) in [6.45, 7) is 1.36. The van der Waals surface area contributed by atoms with Gasteiger partial charge in [0.2, 0.25) is 10.0 Å². The van der Waals surface area contributed by atoms with Crippen LogP contribution in [0.3, 0.4) is 0 Å². The monoisotopic (exact) mass is 354 g/mol. The Labute approximate surface area is 139 Å². The van der Waals surface area contributed by atoms with Crippen LogP contribution in [-0.4, -0.2) is 54.5 Å². The molecular formula is C15H18N2O6S. The molecular weight excluding hydrogens is 336 g/mol. The molecule has 2 N–H and O–H groups in total. The summed E-state index contributed by atoms with van der Waals surface area (Å²) in [4.78, 5) is 36.0. The lowest BCUT2D eigenvalue weighted by Gasteiger charge is -2.14. The zero-order valence-corrected chi connectivity index (χ0v) is 13.9. The van der Waals surface area contributed by atoms with Crippen molar-refractivity contribution in [1.82, 2.24) is 9.62 Å². The molecule has 1 aliphatic heterocycles. The molecule has 24 heavy (non-hydrogen) atoms. The van der Waals surface area contributed by atoms with Crippen LogP contribution in [0.15, 0.2) is 24.3 Å². The number of nitrogens with one attached hydrogen (secondary N) is 1. The summed E-state index contributed by atoms with van der Waals surface area (Å²) in [6, 6.07) is 5.31. The van der Waals surface area contributed by atoms with E-state index in [9.17, 15) is 22.8 Å². The van der Waals surface area contributed by atoms with E-state index in [1.807, 2.05) is 4.72 Å². The van der Waals surface area contributed by atoms with Crippen LogP contribution in [-0.2, 0) is 14.8 Å². The Bertz CT molecular complexity index is 739. The molecule has 1 aromatic carbocycles. The second-order valence-electron chi connectivity index (χ2n) is 5.51. The fourth-order valence-corrected chi connectivity index (χ4v) is 3.72. The number of aliphatic carboxylic acids is 1. The Morgan fingerprint density at radius 2 is 1.71 bits per heavy atom. The third-order valence-electron chi connectivity index (χ3n) is 3.65. The fraction of sp³-hybridized carbons (Fsp3) is 0.400. The first-order valence-corrected chi connectivity index (χ1v) is 9.06. The van der Waals surface area contributed by atoms with Gasteiger partial charge in [-0.2, -0.15) is 0 Å². The first kappa shape index (κ1) is 18.1. The van der Waals surface area contributed by atoms with Gasteiger partial charge in [0.15, 0.2) is 0 Å². The number of carbonyl (C=O) groups excluding carboxylic acids is 2. The van der Waals surface area contributed by atoms with Gasteiger partial charge in [0.1, 0.15) is 6.04 Å². The normalized spacial score (nSPS) is 15.5. The summed E-state index contributed by atoms with van der Waals surface area (Å²) >= 11 is 0. The number of carboxylic acids is 1. The first-order valence-electron chi connectivity index (χ1n) is 7.41. The van der Waals surface area contributed by atoms with Crippen molar-refractivity contribution in [2.24, 2.45) is 0 Å². The molecule has 0 bridgehead atoms. The van der Waals surface area contributed by atoms with Crippen molar-refractivity contribution in [2.75, 3.05) is 12.3 Å². The second kappa shape index (κ2) is 7.10. The topological polar surface area (TPSA) is 121 Å². The highest BCUT2D eigenvalue weighted by molar-refractivity contribution is 7.89. The fourth-order valence-electron chi connectivity index (χ4n) is 2.38. The van der Waals surface area contributed by atoms with Crippen molar-refractivity contribution in [1.29, 1.82) is 0 Å². The average Bonchev–Trinajstić information content (AvgIpc) is 2.76. The van der Waals surface area contributed by atoms with Gasteiger partial charge in [-0.05, 0) is 31.9 Å². The summed E-state index contributed by atoms with van der Waals surface area (Å²) in [5.41, 5.74) is 0.708. The van der Waals surface area contributed by atoms with Crippen molar-refractivity contribution in [3.8, 4) is 0 Å². The Kier molecular flexibility index (Phi) is 5.35. The van der Waals surface area contributed by atoms with Crippen molar-refractivity contribution in [2.45, 2.75) is 25.8 Å². The lowest BCUT2D eigenvalue weighted by molar-refractivity contribution is -0.138. The van der Waals surface area contributed by atoms with E-state index in [2.05, 4.69) is 0 Å². The number of hydrogen-bond donors (Lipinski definition) is 2. The number of fused-ring (bicyclic) bond motifs is 1. The van der Waals surface area contributed by atoms with Gasteiger partial charge in [-0.3, -0.25) is 19.3 Å². The zero-order chi connectivity index (χ0) is 17.9. The molecule has 0 saturated heterocycles. The number of nitrogens with zero attached hydrogens (tertiary/aromatic N) is 1. The minimum Gasteiger partial charge on any atom is -0.480 e. The summed E-state index contributed by atoms with van der Waals surface area (Å²) in [5, 5.41) is 8.70. The lowest BCUT2D eigenvalue weighted by atomic mass is 10.1. The van der Waals surface area contributed by atoms with E-state index in [1.165, 1.54) is 6.92 Å². The molecule has 130 valence electrons. The van der Waals surface area contributed by atoms with Gasteiger partial charge in [-0.25, -0.2) is 13.1 Å². The van der Waals surface area contributed by atoms with Crippen LogP contribution >= 0.6 is 0 Å². The van der Waals surface area contributed by atoms with Gasteiger partial charge in [0.05, 0.1) is 16.9 Å². The molecule has 0 radical (unpaired) electrons. The maximum Gasteiger partial charge on any atom is 0.321 e. The summed E-state index contributed by atoms with van der Waals surface area (Å²) in [6.07, 6.45) is 0.517. The molecule has 1 aromatic rings. The van der Waals surface area contributed by atoms with E-state index in [4.69, 9.17) is 5.11 Å². The van der Waals surface area contributed by atoms with E-state index in [0.717, 1.165) is 4.90 Å². The summed E-state index contributed by atoms with van der Waals surface area (Å²) in [5.74, 6) is -2.29. The SMILES string of the molecule is C[C@@H](NS(=O)(=O)CCCCN1C(=O)c2ccccc2C1=O)C(=O)O. The molecule has 0 aliphatic carbocycles. The van der Waals surface area contributed by atoms with Gasteiger partial charge in [0.25, 0.3) is 11.8 Å². The van der Waals surface area contributed by atoms with Crippen LogP contribution < -0.4 is 4.72 Å². The highest BCUT2D eigenvalue weighted by Gasteiger charge is 2.34. The van der Waals surface area contributed by atoms with Crippen LogP contribution in [0.5, 0.6) is 0 Å². The van der Waals surface area contributed by atoms with Crippen LogP contribution in [0.4, 0.5) is 0 Å². The molecule has 1 aliphatic rings. The number of sulfonamides is 1. The summed E-state index contributed by atoms with van der Waals surface area (Å²) < 4.78 is 25.5. The molecule has 0 spiro atoms. The third kappa shape index (κ3) is 3.98. The van der Waals surface area contributed by atoms with Gasteiger partial charge in [0, 0.05) is 6.54 Å². The van der Waals surface area contributed by atoms with Crippen LogP contribution in [0, 0.1) is 0 Å². The number of imide groups is 1. The molecule has 0 saturated carbocycles. The van der Waals surface area contributed by atoms with Gasteiger partial charge < -0.3 is 5.11 Å². The molecule has 9 heteroatoms. The minimum atomic E-state index is -3.72. The van der Waals surface area contributed by atoms with E-state index < -0.39 is 22.0 Å². The largest absolute Gasteiger partial charge is 0.480 e. The average molecular weight is 354 g/mol. The Balaban J connectivity index is 1.85. The Morgan fingerprint density at radius 1 is 1.17 bits per heavy atom. The van der Waals surface area contributed by atoms with Crippen LogP contribution in [0.2, 0.25) is 0 Å². The molecule has 0 unspecified atom stereocenters. The van der Waals surface area contributed by atoms with Crippen LogP contribution in [0.25, 0.3) is 0 Å². The maximum atomic E-state index is 12.1. The lowest BCUT2D eigenvalue weighted by Crippen LogP contribution is -2.39. The van der Waals surface area contributed by atoms with Crippen molar-refractivity contribution >= 4 is 27.8 Å². The van der Waals surface area contributed by atoms with Gasteiger partial charge in [-0.15, -0.1) is 0 Å². The van der Waals surface area contributed by atoms with Crippen molar-refractivity contribution in [3.05, 3.63) is 35.4 Å². The van der Waals surface area contributed by atoms with E-state index in [0.29, 0.717) is 17.5 Å². The second-order valence-corrected chi connectivity index (χ2v) is 7.38. The third-order valence-corrected chi connectivity index (χ3v) is 5.19. The van der Waals surface area contributed by atoms with Crippen molar-refractivity contribution < 1.29 is 27.9 Å². The van der Waals surface area contributed by atoms with Gasteiger partial charge in [-0.1, -0.05) is 12.1 Å². The zero-order valence-electron chi connectivity index (χ0n) is 13.1. The standard InChI is InChI=1S/C15H18N2O6S/c1-10(15(20)21)16-24(22,23)9-5-4-8-17-13(18)11-6-2-3-7-12(11)14(17)19/h2-3,6-7,10,16H,4-5,8-9H2,1H3,(H,20,21)/t10-/m1/s1. The highest BCUT2D eigenvalue weighted by atomic mass is 32.2.